The summed E-state index contributed by atoms with van der Waals surface area (Å²) in [7, 11) is 3.42. The Morgan fingerprint density at radius 1 is 0.653 bits per heavy atom. The number of hydrogen-bond acceptors (Lipinski definition) is 4. The lowest BCUT2D eigenvalue weighted by molar-refractivity contribution is 0.414. The highest BCUT2D eigenvalue weighted by Crippen LogP contribution is 2.50. The van der Waals surface area contributed by atoms with Crippen molar-refractivity contribution in [2.75, 3.05) is 14.2 Å². The zero-order chi connectivity index (χ0) is 32.9. The van der Waals surface area contributed by atoms with Gasteiger partial charge in [-0.05, 0) is 66.7 Å². The fraction of sp³-hybridized carbons (Fsp3) is 0.0698. The molecule has 0 spiro atoms. The monoisotopic (exact) mass is 654 g/mol. The van der Waals surface area contributed by atoms with Crippen LogP contribution in [-0.4, -0.2) is 29.5 Å². The second-order valence-electron chi connectivity index (χ2n) is 12.1. The highest BCUT2D eigenvalue weighted by atomic mass is 32.1. The second-order valence-corrected chi connectivity index (χ2v) is 13.1. The third-order valence-electron chi connectivity index (χ3n) is 9.43. The number of aromatic nitrogens is 2. The molecule has 1 aliphatic heterocycles. The molecule has 2 aromatic heterocycles. The highest BCUT2D eigenvalue weighted by molar-refractivity contribution is 7.21. The van der Waals surface area contributed by atoms with Crippen LogP contribution < -0.4 is 14.0 Å². The van der Waals surface area contributed by atoms with Gasteiger partial charge in [-0.15, -0.1) is 11.3 Å². The van der Waals surface area contributed by atoms with Gasteiger partial charge in [0.1, 0.15) is 22.4 Å². The molecule has 8 aromatic rings. The third kappa shape index (κ3) is 4.75. The first-order valence-corrected chi connectivity index (χ1v) is 17.1. The van der Waals surface area contributed by atoms with Crippen molar-refractivity contribution in [1.29, 1.82) is 0 Å². The predicted octanol–water partition coefficient (Wildman–Crippen LogP) is 10.4. The molecule has 0 bridgehead atoms. The zero-order valence-corrected chi connectivity index (χ0v) is 27.9. The SMILES string of the molecule is COc1ccc(-n2c(C3C(c4ccccc4)=[N+](c4ccc(OC)cc4)c4ccccc43)c(-c3nc4ccccc4s3)c3ccccc32)cc1. The lowest BCUT2D eigenvalue weighted by atomic mass is 9.86. The van der Waals surface area contributed by atoms with E-state index in [9.17, 15) is 0 Å². The standard InChI is InChI=1S/C43H32N3O2S/c1-47-31-24-20-29(21-25-31)45-36-17-9-6-14-33(36)39(41(45)28-12-4-3-5-13-28)42-40(43-44-35-16-8-11-19-38(35)49-43)34-15-7-10-18-37(34)46(42)30-22-26-32(48-2)27-23-30/h3-27,39H,1-2H3/q+1. The summed E-state index contributed by atoms with van der Waals surface area (Å²) in [6.07, 6.45) is 0. The Morgan fingerprint density at radius 3 is 2.06 bits per heavy atom. The van der Waals surface area contributed by atoms with Crippen LogP contribution in [0.2, 0.25) is 0 Å². The predicted molar refractivity (Wildman–Crippen MR) is 202 cm³/mol. The third-order valence-corrected chi connectivity index (χ3v) is 10.5. The summed E-state index contributed by atoms with van der Waals surface area (Å²) < 4.78 is 17.2. The van der Waals surface area contributed by atoms with Crippen molar-refractivity contribution in [2.45, 2.75) is 5.92 Å². The van der Waals surface area contributed by atoms with E-state index in [1.807, 2.05) is 24.3 Å². The van der Waals surface area contributed by atoms with E-state index in [-0.39, 0.29) is 5.92 Å². The van der Waals surface area contributed by atoms with E-state index in [0.29, 0.717) is 0 Å². The number of thiazole rings is 1. The van der Waals surface area contributed by atoms with Gasteiger partial charge in [0.25, 0.3) is 0 Å². The van der Waals surface area contributed by atoms with Gasteiger partial charge in [0.15, 0.2) is 0 Å². The maximum Gasteiger partial charge on any atom is 0.215 e. The summed E-state index contributed by atoms with van der Waals surface area (Å²) >= 11 is 1.75. The van der Waals surface area contributed by atoms with E-state index in [4.69, 9.17) is 14.5 Å². The molecule has 9 rings (SSSR count). The molecule has 0 amide bonds. The molecule has 5 nitrogen and oxygen atoms in total. The highest BCUT2D eigenvalue weighted by Gasteiger charge is 2.45. The first-order chi connectivity index (χ1) is 24.2. The topological polar surface area (TPSA) is 39.3 Å². The van der Waals surface area contributed by atoms with Crippen molar-refractivity contribution in [2.24, 2.45) is 0 Å². The van der Waals surface area contributed by atoms with Crippen LogP contribution in [0.3, 0.4) is 0 Å². The van der Waals surface area contributed by atoms with Crippen molar-refractivity contribution < 1.29 is 9.47 Å². The van der Waals surface area contributed by atoms with E-state index >= 15 is 0 Å². The van der Waals surface area contributed by atoms with Gasteiger partial charge in [-0.1, -0.05) is 66.7 Å². The summed E-state index contributed by atoms with van der Waals surface area (Å²) in [6, 6.07) is 53.5. The van der Waals surface area contributed by atoms with Crippen molar-refractivity contribution >= 4 is 49.5 Å². The molecular formula is C43H32N3O2S+. The normalized spacial score (nSPS) is 14.0. The Labute approximate surface area is 288 Å². The summed E-state index contributed by atoms with van der Waals surface area (Å²) in [4.78, 5) is 5.30. The molecule has 3 heterocycles. The van der Waals surface area contributed by atoms with Crippen LogP contribution in [-0.2, 0) is 0 Å². The van der Waals surface area contributed by atoms with Crippen LogP contribution in [0, 0.1) is 0 Å². The van der Waals surface area contributed by atoms with Crippen LogP contribution in [0.4, 0.5) is 11.4 Å². The minimum atomic E-state index is -0.141. The lowest BCUT2D eigenvalue weighted by Gasteiger charge is -2.18. The molecule has 0 saturated carbocycles. The molecule has 0 N–H and O–H groups in total. The number of nitrogens with zero attached hydrogens (tertiary/aromatic N) is 3. The van der Waals surface area contributed by atoms with Crippen molar-refractivity contribution in [1.82, 2.24) is 14.1 Å². The molecule has 0 fully saturated rings. The van der Waals surface area contributed by atoms with Gasteiger partial charge < -0.3 is 14.0 Å². The van der Waals surface area contributed by atoms with Crippen LogP contribution in [0.1, 0.15) is 22.7 Å². The smallest absolute Gasteiger partial charge is 0.215 e. The van der Waals surface area contributed by atoms with E-state index in [0.717, 1.165) is 55.7 Å². The Morgan fingerprint density at radius 2 is 1.31 bits per heavy atom. The number of rotatable bonds is 7. The zero-order valence-electron chi connectivity index (χ0n) is 27.1. The van der Waals surface area contributed by atoms with E-state index < -0.39 is 0 Å². The van der Waals surface area contributed by atoms with Gasteiger partial charge in [-0.2, -0.15) is 4.58 Å². The van der Waals surface area contributed by atoms with Gasteiger partial charge in [0, 0.05) is 46.0 Å². The van der Waals surface area contributed by atoms with Crippen LogP contribution in [0.25, 0.3) is 37.4 Å². The molecule has 236 valence electrons. The maximum absolute atomic E-state index is 5.59. The van der Waals surface area contributed by atoms with Gasteiger partial charge in [-0.3, -0.25) is 0 Å². The Hall–Kier alpha value is -5.98. The van der Waals surface area contributed by atoms with E-state index in [1.165, 1.54) is 27.1 Å². The number of ether oxygens (including phenoxy) is 2. The number of fused-ring (bicyclic) bond motifs is 3. The summed E-state index contributed by atoms with van der Waals surface area (Å²) in [5, 5.41) is 2.17. The van der Waals surface area contributed by atoms with Gasteiger partial charge in [-0.25, -0.2) is 4.98 Å². The number of hydrogen-bond donors (Lipinski definition) is 0. The molecule has 1 atom stereocenters. The Bertz CT molecular complexity index is 2480. The second kappa shape index (κ2) is 11.9. The van der Waals surface area contributed by atoms with Crippen LogP contribution in [0.15, 0.2) is 152 Å². The molecule has 1 aliphatic rings. The largest absolute Gasteiger partial charge is 0.497 e. The van der Waals surface area contributed by atoms with Gasteiger partial charge in [0.2, 0.25) is 17.1 Å². The first kappa shape index (κ1) is 29.2. The minimum absolute atomic E-state index is 0.141. The average molecular weight is 655 g/mol. The molecule has 0 saturated heterocycles. The molecule has 1 unspecified atom stereocenters. The van der Waals surface area contributed by atoms with Crippen LogP contribution in [0.5, 0.6) is 11.5 Å². The fourth-order valence-electron chi connectivity index (χ4n) is 7.28. The van der Waals surface area contributed by atoms with Gasteiger partial charge in [0.05, 0.1) is 35.6 Å². The lowest BCUT2D eigenvalue weighted by Crippen LogP contribution is -2.22. The molecule has 6 heteroatoms. The average Bonchev–Trinajstić information content (AvgIpc) is 3.85. The number of benzene rings is 6. The van der Waals surface area contributed by atoms with E-state index in [2.05, 4.69) is 137 Å². The Balaban J connectivity index is 1.44. The quantitative estimate of drug-likeness (QED) is 0.161. The first-order valence-electron chi connectivity index (χ1n) is 16.3. The van der Waals surface area contributed by atoms with Crippen molar-refractivity contribution in [3.63, 3.8) is 0 Å². The van der Waals surface area contributed by atoms with Crippen LogP contribution >= 0.6 is 11.3 Å². The molecule has 49 heavy (non-hydrogen) atoms. The molecule has 0 aliphatic carbocycles. The fourth-order valence-corrected chi connectivity index (χ4v) is 8.31. The maximum atomic E-state index is 5.59. The molecular weight excluding hydrogens is 623 g/mol. The summed E-state index contributed by atoms with van der Waals surface area (Å²) in [5.41, 5.74) is 11.3. The number of para-hydroxylation sites is 3. The number of methoxy groups -OCH3 is 2. The molecule has 6 aromatic carbocycles. The van der Waals surface area contributed by atoms with E-state index in [1.54, 1.807) is 25.6 Å². The minimum Gasteiger partial charge on any atom is -0.497 e. The Kier molecular flexibility index (Phi) is 7.10. The summed E-state index contributed by atoms with van der Waals surface area (Å²) in [6.45, 7) is 0. The van der Waals surface area contributed by atoms with Gasteiger partial charge >= 0.3 is 0 Å². The van der Waals surface area contributed by atoms with Crippen molar-refractivity contribution in [3.8, 4) is 27.8 Å². The molecule has 0 radical (unpaired) electrons. The van der Waals surface area contributed by atoms with Crippen molar-refractivity contribution in [3.05, 3.63) is 168 Å². The summed E-state index contributed by atoms with van der Waals surface area (Å²) in [5.74, 6) is 1.51.